The minimum atomic E-state index is -0.00281. The van der Waals surface area contributed by atoms with Crippen molar-refractivity contribution in [2.75, 3.05) is 0 Å². The molecule has 0 N–H and O–H groups in total. The number of imidazole rings is 1. The summed E-state index contributed by atoms with van der Waals surface area (Å²) < 4.78 is 5.26. The molecule has 0 spiro atoms. The molecule has 1 aliphatic heterocycles. The lowest BCUT2D eigenvalue weighted by Crippen LogP contribution is -2.53. The fourth-order valence-corrected chi connectivity index (χ4v) is 8.23. The average Bonchev–Trinajstić information content (AvgIpc) is 3.15. The summed E-state index contributed by atoms with van der Waals surface area (Å²) in [6, 6.07) is 14.4. The fraction of sp³-hybridized carbons (Fsp3) is 0.618. The van der Waals surface area contributed by atoms with Crippen LogP contribution in [0, 0.1) is 5.92 Å². The Hall–Kier alpha value is -2.09. The molecular weight excluding hydrogens is 436 g/mol. The Bertz CT molecular complexity index is 1320. The highest BCUT2D eigenvalue weighted by Crippen LogP contribution is 2.56. The van der Waals surface area contributed by atoms with Gasteiger partial charge in [0.25, 0.3) is 5.82 Å². The normalized spacial score (nSPS) is 28.0. The number of nitrogens with zero attached hydrogens (tertiary/aromatic N) is 2. The van der Waals surface area contributed by atoms with Crippen molar-refractivity contribution in [2.45, 2.75) is 123 Å². The quantitative estimate of drug-likeness (QED) is 0.320. The molecule has 0 saturated heterocycles. The number of unbranched alkanes of at least 4 members (excludes halogenated alkanes) is 1. The van der Waals surface area contributed by atoms with Crippen molar-refractivity contribution in [1.29, 1.82) is 0 Å². The molecule has 2 aliphatic rings. The molecule has 5 rings (SSSR count). The van der Waals surface area contributed by atoms with E-state index in [9.17, 15) is 0 Å². The van der Waals surface area contributed by atoms with Crippen molar-refractivity contribution in [1.82, 2.24) is 4.57 Å². The first-order valence-electron chi connectivity index (χ1n) is 14.6. The predicted molar refractivity (Wildman–Crippen MR) is 154 cm³/mol. The van der Waals surface area contributed by atoms with E-state index in [-0.39, 0.29) is 21.8 Å². The van der Waals surface area contributed by atoms with Crippen LogP contribution in [0.4, 0.5) is 0 Å². The second-order valence-corrected chi connectivity index (χ2v) is 13.6. The molecule has 1 aromatic heterocycles. The minimum absolute atomic E-state index is 0.00281. The van der Waals surface area contributed by atoms with Gasteiger partial charge in [-0.3, -0.25) is 0 Å². The zero-order valence-corrected chi connectivity index (χ0v) is 24.7. The van der Waals surface area contributed by atoms with Crippen molar-refractivity contribution in [3.05, 3.63) is 53.1 Å². The van der Waals surface area contributed by atoms with E-state index >= 15 is 0 Å². The van der Waals surface area contributed by atoms with E-state index in [0.717, 1.165) is 18.8 Å². The standard InChI is InChI=1S/C34H49N2/c1-11-14-17-23-22-31(4,5)26-20-29-28(21-27(26)32(23,6)7)35(10)30-24-18-15-16-19-25(24)33(8,12-2)34(9,13-3)36(29)30/h15-16,18-21,23H,11-14,17,22H2,1-10H3/q+1. The number of hydrogen-bond donors (Lipinski definition) is 0. The Balaban J connectivity index is 1.88. The highest BCUT2D eigenvalue weighted by molar-refractivity contribution is 5.82. The fourth-order valence-electron chi connectivity index (χ4n) is 8.23. The van der Waals surface area contributed by atoms with Crippen LogP contribution in [0.1, 0.15) is 118 Å². The summed E-state index contributed by atoms with van der Waals surface area (Å²) in [7, 11) is 2.30. The lowest BCUT2D eigenvalue weighted by Gasteiger charge is -2.48. The Labute approximate surface area is 220 Å². The first-order valence-corrected chi connectivity index (χ1v) is 14.6. The van der Waals surface area contributed by atoms with Gasteiger partial charge in [-0.25, -0.2) is 9.13 Å². The average molecular weight is 486 g/mol. The van der Waals surface area contributed by atoms with Crippen LogP contribution in [-0.4, -0.2) is 4.57 Å². The smallest absolute Gasteiger partial charge is 0.226 e. The minimum Gasteiger partial charge on any atom is -0.226 e. The van der Waals surface area contributed by atoms with E-state index in [2.05, 4.69) is 115 Å². The zero-order valence-electron chi connectivity index (χ0n) is 24.7. The Morgan fingerprint density at radius 3 is 2.22 bits per heavy atom. The molecule has 1 aliphatic carbocycles. The summed E-state index contributed by atoms with van der Waals surface area (Å²) in [5.41, 5.74) is 9.31. The van der Waals surface area contributed by atoms with Crippen molar-refractivity contribution in [2.24, 2.45) is 13.0 Å². The second kappa shape index (κ2) is 8.20. The van der Waals surface area contributed by atoms with Crippen molar-refractivity contribution >= 4 is 11.0 Å². The van der Waals surface area contributed by atoms with Crippen LogP contribution in [-0.2, 0) is 28.8 Å². The predicted octanol–water partition coefficient (Wildman–Crippen LogP) is 8.70. The molecule has 2 heteroatoms. The topological polar surface area (TPSA) is 8.81 Å². The lowest BCUT2D eigenvalue weighted by atomic mass is 9.56. The largest absolute Gasteiger partial charge is 0.290 e. The number of hydrogen-bond acceptors (Lipinski definition) is 0. The molecule has 3 aromatic rings. The number of benzene rings is 2. The van der Waals surface area contributed by atoms with Crippen LogP contribution in [0.3, 0.4) is 0 Å². The highest BCUT2D eigenvalue weighted by atomic mass is 15.2. The molecule has 3 unspecified atom stereocenters. The van der Waals surface area contributed by atoms with Gasteiger partial charge >= 0.3 is 0 Å². The third-order valence-electron chi connectivity index (χ3n) is 11.2. The van der Waals surface area contributed by atoms with Crippen LogP contribution in [0.2, 0.25) is 0 Å². The number of fused-ring (bicyclic) bond motifs is 6. The maximum atomic E-state index is 2.75. The molecule has 2 aromatic carbocycles. The lowest BCUT2D eigenvalue weighted by molar-refractivity contribution is -0.634. The summed E-state index contributed by atoms with van der Waals surface area (Å²) in [5.74, 6) is 2.10. The van der Waals surface area contributed by atoms with Crippen LogP contribution in [0.5, 0.6) is 0 Å². The van der Waals surface area contributed by atoms with Gasteiger partial charge < -0.3 is 0 Å². The number of aromatic nitrogens is 2. The van der Waals surface area contributed by atoms with Crippen LogP contribution < -0.4 is 4.57 Å². The van der Waals surface area contributed by atoms with E-state index in [1.165, 1.54) is 53.7 Å². The van der Waals surface area contributed by atoms with E-state index < -0.39 is 0 Å². The first kappa shape index (κ1) is 25.6. The van der Waals surface area contributed by atoms with Crippen LogP contribution in [0.15, 0.2) is 36.4 Å². The molecule has 194 valence electrons. The molecule has 2 heterocycles. The maximum Gasteiger partial charge on any atom is 0.290 e. The summed E-state index contributed by atoms with van der Waals surface area (Å²) in [4.78, 5) is 0. The van der Waals surface area contributed by atoms with E-state index in [1.807, 2.05) is 0 Å². The molecule has 0 radical (unpaired) electrons. The summed E-state index contributed by atoms with van der Waals surface area (Å²) in [6.07, 6.45) is 7.45. The van der Waals surface area contributed by atoms with Gasteiger partial charge in [0.05, 0.1) is 12.6 Å². The Morgan fingerprint density at radius 2 is 1.58 bits per heavy atom. The third kappa shape index (κ3) is 3.12. The highest BCUT2D eigenvalue weighted by Gasteiger charge is 2.56. The Morgan fingerprint density at radius 1 is 0.889 bits per heavy atom. The van der Waals surface area contributed by atoms with Gasteiger partial charge in [0.2, 0.25) is 0 Å². The molecule has 3 atom stereocenters. The summed E-state index contributed by atoms with van der Waals surface area (Å²) >= 11 is 0. The summed E-state index contributed by atoms with van der Waals surface area (Å²) in [5, 5.41) is 0. The van der Waals surface area contributed by atoms with Gasteiger partial charge in [-0.05, 0) is 84.2 Å². The van der Waals surface area contributed by atoms with E-state index in [0.29, 0.717) is 0 Å². The van der Waals surface area contributed by atoms with Gasteiger partial charge in [-0.15, -0.1) is 0 Å². The molecule has 0 saturated carbocycles. The van der Waals surface area contributed by atoms with Crippen molar-refractivity contribution in [3.63, 3.8) is 0 Å². The Kier molecular flexibility index (Phi) is 5.82. The first-order chi connectivity index (χ1) is 16.9. The molecule has 36 heavy (non-hydrogen) atoms. The molecule has 2 nitrogen and oxygen atoms in total. The number of rotatable bonds is 5. The van der Waals surface area contributed by atoms with Gasteiger partial charge in [0.15, 0.2) is 11.0 Å². The van der Waals surface area contributed by atoms with Crippen molar-refractivity contribution in [3.8, 4) is 11.4 Å². The van der Waals surface area contributed by atoms with Gasteiger partial charge in [-0.2, -0.15) is 0 Å². The van der Waals surface area contributed by atoms with Crippen LogP contribution in [0.25, 0.3) is 22.4 Å². The van der Waals surface area contributed by atoms with Gasteiger partial charge in [-0.1, -0.05) is 86.4 Å². The zero-order chi connectivity index (χ0) is 26.3. The monoisotopic (exact) mass is 485 g/mol. The number of aryl methyl sites for hydroxylation is 1. The molecule has 0 fully saturated rings. The third-order valence-corrected chi connectivity index (χ3v) is 11.2. The summed E-state index contributed by atoms with van der Waals surface area (Å²) in [6.45, 7) is 22.2. The SMILES string of the molecule is CCCCC1CC(C)(C)c2cc3c(cc2C1(C)C)[n+](C)c1n3C(C)(CC)C(C)(CC)c2ccccc2-1. The molecule has 0 bridgehead atoms. The van der Waals surface area contributed by atoms with E-state index in [4.69, 9.17) is 0 Å². The van der Waals surface area contributed by atoms with Gasteiger partial charge in [0, 0.05) is 5.41 Å². The van der Waals surface area contributed by atoms with Crippen LogP contribution >= 0.6 is 0 Å². The molecule has 0 amide bonds. The van der Waals surface area contributed by atoms with Crippen molar-refractivity contribution < 1.29 is 4.57 Å². The molecular formula is C34H49N2+. The van der Waals surface area contributed by atoms with Gasteiger partial charge in [0.1, 0.15) is 5.54 Å². The maximum absolute atomic E-state index is 2.75. The second-order valence-electron chi connectivity index (χ2n) is 13.6. The van der Waals surface area contributed by atoms with E-state index in [1.54, 1.807) is 11.1 Å².